The van der Waals surface area contributed by atoms with Gasteiger partial charge in [0.15, 0.2) is 11.5 Å². The summed E-state index contributed by atoms with van der Waals surface area (Å²) in [4.78, 5) is 16.3. The first-order chi connectivity index (χ1) is 10.1. The van der Waals surface area contributed by atoms with Gasteiger partial charge in [0.2, 0.25) is 0 Å². The fourth-order valence-electron chi connectivity index (χ4n) is 2.31. The van der Waals surface area contributed by atoms with Crippen molar-refractivity contribution in [1.82, 2.24) is 5.32 Å². The Morgan fingerprint density at radius 3 is 2.81 bits per heavy atom. The third kappa shape index (κ3) is 3.07. The Labute approximate surface area is 123 Å². The van der Waals surface area contributed by atoms with E-state index in [4.69, 9.17) is 9.47 Å². The average Bonchev–Trinajstić information content (AvgIpc) is 2.77. The lowest BCUT2D eigenvalue weighted by atomic mass is 10.1. The van der Waals surface area contributed by atoms with E-state index in [1.54, 1.807) is 6.08 Å². The fraction of sp³-hybridized carbons (Fsp3) is 0.375. The quantitative estimate of drug-likeness (QED) is 0.868. The van der Waals surface area contributed by atoms with Crippen LogP contribution in [0.5, 0.6) is 11.5 Å². The monoisotopic (exact) mass is 286 g/mol. The number of ether oxygens (including phenoxy) is 2. The van der Waals surface area contributed by atoms with Crippen LogP contribution in [0, 0.1) is 5.92 Å². The molecule has 0 saturated heterocycles. The molecule has 110 valence electrons. The smallest absolute Gasteiger partial charge is 0.275 e. The summed E-state index contributed by atoms with van der Waals surface area (Å²) in [5.74, 6) is 2.49. The van der Waals surface area contributed by atoms with Gasteiger partial charge in [0.1, 0.15) is 24.7 Å². The normalized spacial score (nSPS) is 18.9. The van der Waals surface area contributed by atoms with Crippen molar-refractivity contribution in [1.29, 1.82) is 0 Å². The SMILES string of the molecule is CC(C)CC1=N/C(=C/c2ccc3c(c2)OCCO3)C(=O)N1. The number of nitrogens with zero attached hydrogens (tertiary/aromatic N) is 1. The molecule has 2 aliphatic heterocycles. The van der Waals surface area contributed by atoms with Crippen molar-refractivity contribution >= 4 is 17.8 Å². The Morgan fingerprint density at radius 1 is 1.29 bits per heavy atom. The number of nitrogens with one attached hydrogen (secondary N) is 1. The highest BCUT2D eigenvalue weighted by atomic mass is 16.6. The van der Waals surface area contributed by atoms with Gasteiger partial charge in [-0.15, -0.1) is 0 Å². The van der Waals surface area contributed by atoms with E-state index in [1.165, 1.54) is 0 Å². The van der Waals surface area contributed by atoms with E-state index in [2.05, 4.69) is 24.2 Å². The van der Waals surface area contributed by atoms with Crippen molar-refractivity contribution in [2.24, 2.45) is 10.9 Å². The topological polar surface area (TPSA) is 59.9 Å². The third-order valence-electron chi connectivity index (χ3n) is 3.22. The van der Waals surface area contributed by atoms with Crippen LogP contribution in [-0.2, 0) is 4.79 Å². The number of amides is 1. The van der Waals surface area contributed by atoms with Crippen molar-refractivity contribution in [2.75, 3.05) is 13.2 Å². The molecular formula is C16H18N2O3. The molecule has 0 atom stereocenters. The molecule has 0 radical (unpaired) electrons. The summed E-state index contributed by atoms with van der Waals surface area (Å²) < 4.78 is 11.0. The first-order valence-electron chi connectivity index (χ1n) is 7.12. The Kier molecular flexibility index (Phi) is 3.64. The van der Waals surface area contributed by atoms with Crippen LogP contribution in [0.2, 0.25) is 0 Å². The van der Waals surface area contributed by atoms with Crippen LogP contribution >= 0.6 is 0 Å². The second-order valence-electron chi connectivity index (χ2n) is 5.54. The number of rotatable bonds is 3. The van der Waals surface area contributed by atoms with Crippen LogP contribution in [0.4, 0.5) is 0 Å². The lowest BCUT2D eigenvalue weighted by Gasteiger charge is -2.18. The van der Waals surface area contributed by atoms with E-state index in [9.17, 15) is 4.79 Å². The van der Waals surface area contributed by atoms with Gasteiger partial charge in [0, 0.05) is 6.42 Å². The zero-order valence-corrected chi connectivity index (χ0v) is 12.2. The highest BCUT2D eigenvalue weighted by Crippen LogP contribution is 2.31. The largest absolute Gasteiger partial charge is 0.486 e. The lowest BCUT2D eigenvalue weighted by Crippen LogP contribution is -2.24. The van der Waals surface area contributed by atoms with Crippen molar-refractivity contribution in [2.45, 2.75) is 20.3 Å². The summed E-state index contributed by atoms with van der Waals surface area (Å²) >= 11 is 0. The Bertz CT molecular complexity index is 632. The maximum atomic E-state index is 11.9. The van der Waals surface area contributed by atoms with E-state index in [0.717, 1.165) is 23.6 Å². The minimum Gasteiger partial charge on any atom is -0.486 e. The molecule has 1 aromatic rings. The second kappa shape index (κ2) is 5.60. The van der Waals surface area contributed by atoms with Gasteiger partial charge in [-0.1, -0.05) is 19.9 Å². The first-order valence-corrected chi connectivity index (χ1v) is 7.12. The molecule has 1 aromatic carbocycles. The molecule has 21 heavy (non-hydrogen) atoms. The second-order valence-corrected chi connectivity index (χ2v) is 5.54. The van der Waals surface area contributed by atoms with Crippen molar-refractivity contribution in [3.63, 3.8) is 0 Å². The van der Waals surface area contributed by atoms with Gasteiger partial charge < -0.3 is 14.8 Å². The molecule has 0 bridgehead atoms. The summed E-state index contributed by atoms with van der Waals surface area (Å²) in [6, 6.07) is 5.61. The number of aliphatic imine (C=N–C) groups is 1. The van der Waals surface area contributed by atoms with Crippen LogP contribution < -0.4 is 14.8 Å². The summed E-state index contributed by atoms with van der Waals surface area (Å²) in [5.41, 5.74) is 1.31. The van der Waals surface area contributed by atoms with Crippen LogP contribution in [0.25, 0.3) is 6.08 Å². The predicted octanol–water partition coefficient (Wildman–Crippen LogP) is 2.37. The number of carbonyl (C=O) groups is 1. The molecule has 2 aliphatic rings. The van der Waals surface area contributed by atoms with Crippen LogP contribution in [0.3, 0.4) is 0 Å². The molecule has 5 nitrogen and oxygen atoms in total. The number of hydrogen-bond donors (Lipinski definition) is 1. The van der Waals surface area contributed by atoms with Gasteiger partial charge in [-0.3, -0.25) is 4.79 Å². The molecule has 0 spiro atoms. The minimum atomic E-state index is -0.152. The number of benzene rings is 1. The average molecular weight is 286 g/mol. The molecule has 3 rings (SSSR count). The van der Waals surface area contributed by atoms with Crippen molar-refractivity contribution in [3.8, 4) is 11.5 Å². The highest BCUT2D eigenvalue weighted by Gasteiger charge is 2.20. The van der Waals surface area contributed by atoms with E-state index in [1.807, 2.05) is 18.2 Å². The van der Waals surface area contributed by atoms with Gasteiger partial charge in [-0.2, -0.15) is 0 Å². The van der Waals surface area contributed by atoms with Gasteiger partial charge in [-0.05, 0) is 29.7 Å². The maximum absolute atomic E-state index is 11.9. The Hall–Kier alpha value is -2.30. The molecule has 0 unspecified atom stereocenters. The summed E-state index contributed by atoms with van der Waals surface area (Å²) in [6.07, 6.45) is 2.53. The van der Waals surface area contributed by atoms with Crippen molar-refractivity contribution < 1.29 is 14.3 Å². The number of fused-ring (bicyclic) bond motifs is 1. The third-order valence-corrected chi connectivity index (χ3v) is 3.22. The van der Waals surface area contributed by atoms with Crippen LogP contribution in [-0.4, -0.2) is 25.0 Å². The maximum Gasteiger partial charge on any atom is 0.275 e. The zero-order valence-electron chi connectivity index (χ0n) is 12.2. The van der Waals surface area contributed by atoms with E-state index >= 15 is 0 Å². The molecule has 5 heteroatoms. The summed E-state index contributed by atoms with van der Waals surface area (Å²) in [6.45, 7) is 5.30. The highest BCUT2D eigenvalue weighted by molar-refractivity contribution is 6.14. The van der Waals surface area contributed by atoms with E-state index in [-0.39, 0.29) is 5.91 Å². The van der Waals surface area contributed by atoms with Gasteiger partial charge in [0.25, 0.3) is 5.91 Å². The van der Waals surface area contributed by atoms with E-state index < -0.39 is 0 Å². The van der Waals surface area contributed by atoms with Gasteiger partial charge >= 0.3 is 0 Å². The molecular weight excluding hydrogens is 268 g/mol. The van der Waals surface area contributed by atoms with Crippen LogP contribution in [0.1, 0.15) is 25.8 Å². The molecule has 0 aliphatic carbocycles. The lowest BCUT2D eigenvalue weighted by molar-refractivity contribution is -0.115. The molecule has 1 amide bonds. The molecule has 1 N–H and O–H groups in total. The Morgan fingerprint density at radius 2 is 2.05 bits per heavy atom. The number of hydrogen-bond acceptors (Lipinski definition) is 4. The first kappa shape index (κ1) is 13.7. The van der Waals surface area contributed by atoms with E-state index in [0.29, 0.717) is 30.6 Å². The number of amidine groups is 1. The molecule has 0 aromatic heterocycles. The zero-order chi connectivity index (χ0) is 14.8. The Balaban J connectivity index is 1.84. The molecule has 0 fully saturated rings. The summed E-state index contributed by atoms with van der Waals surface area (Å²) in [7, 11) is 0. The molecule has 2 heterocycles. The van der Waals surface area contributed by atoms with Gasteiger partial charge in [0.05, 0.1) is 0 Å². The number of carbonyl (C=O) groups excluding carboxylic acids is 1. The van der Waals surface area contributed by atoms with Gasteiger partial charge in [-0.25, -0.2) is 4.99 Å². The minimum absolute atomic E-state index is 0.152. The standard InChI is InChI=1S/C16H18N2O3/c1-10(2)7-15-17-12(16(19)18-15)8-11-3-4-13-14(9-11)21-6-5-20-13/h3-4,8-10H,5-7H2,1-2H3,(H,17,18,19)/b12-8+. The van der Waals surface area contributed by atoms with Crippen LogP contribution in [0.15, 0.2) is 28.9 Å². The predicted molar refractivity (Wildman–Crippen MR) is 80.4 cm³/mol. The summed E-state index contributed by atoms with van der Waals surface area (Å²) in [5, 5.41) is 2.80. The van der Waals surface area contributed by atoms with Crippen molar-refractivity contribution in [3.05, 3.63) is 29.5 Å². The fourth-order valence-corrected chi connectivity index (χ4v) is 2.31. The molecule has 0 saturated carbocycles.